The van der Waals surface area contributed by atoms with E-state index in [1.165, 1.54) is 0 Å². The van der Waals surface area contributed by atoms with Crippen molar-refractivity contribution in [3.63, 3.8) is 0 Å². The molecule has 4 aromatic carbocycles. The summed E-state index contributed by atoms with van der Waals surface area (Å²) in [4.78, 5) is 45.8. The van der Waals surface area contributed by atoms with Crippen LogP contribution < -0.4 is 21.7 Å². The molecular weight excluding hydrogens is 548 g/mol. The summed E-state index contributed by atoms with van der Waals surface area (Å²) in [6, 6.07) is 27.0. The molecule has 0 heterocycles. The summed E-state index contributed by atoms with van der Waals surface area (Å²) in [5.41, 5.74) is 14.5. The average molecular weight is 572 g/mol. The van der Waals surface area contributed by atoms with Crippen molar-refractivity contribution in [1.82, 2.24) is 0 Å². The fraction of sp³-hybridized carbons (Fsp3) is 0.0667. The molecule has 0 aliphatic rings. The van der Waals surface area contributed by atoms with E-state index in [4.69, 9.17) is 11.5 Å². The molecule has 0 spiro atoms. The molecule has 4 N–H and O–H groups in total. The van der Waals surface area contributed by atoms with E-state index in [2.05, 4.69) is 0 Å². The van der Waals surface area contributed by atoms with Gasteiger partial charge in [-0.1, -0.05) is 84.9 Å². The second-order valence-corrected chi connectivity index (χ2v) is 8.24. The van der Waals surface area contributed by atoms with Gasteiger partial charge in [0, 0.05) is 58.4 Å². The van der Waals surface area contributed by atoms with Crippen molar-refractivity contribution in [2.45, 2.75) is 12.8 Å². The number of nitrogens with two attached hydrogens (primary N) is 2. The Balaban J connectivity index is 0.000000267. The molecule has 4 aromatic rings. The predicted octanol–water partition coefficient (Wildman–Crippen LogP) is 1.58. The fourth-order valence-corrected chi connectivity index (χ4v) is 3.73. The van der Waals surface area contributed by atoms with Gasteiger partial charge in [-0.05, 0) is 23.3 Å². The molecule has 0 saturated carbocycles. The third-order valence-corrected chi connectivity index (χ3v) is 5.62. The van der Waals surface area contributed by atoms with Crippen molar-refractivity contribution in [3.05, 3.63) is 130 Å². The summed E-state index contributed by atoms with van der Waals surface area (Å²) in [5, 5.41) is 21.2. The van der Waals surface area contributed by atoms with E-state index in [1.807, 2.05) is 12.1 Å². The Morgan fingerprint density at radius 2 is 0.846 bits per heavy atom. The van der Waals surface area contributed by atoms with Crippen molar-refractivity contribution in [2.24, 2.45) is 0 Å². The minimum atomic E-state index is -1.23. The van der Waals surface area contributed by atoms with Crippen molar-refractivity contribution in [3.8, 4) is 0 Å². The molecule has 201 valence electrons. The number of carbonyl (C=O) groups excluding carboxylic acids is 4. The Morgan fingerprint density at radius 1 is 0.513 bits per heavy atom. The minimum absolute atomic E-state index is 0. The molecule has 0 unspecified atom stereocenters. The quantitative estimate of drug-likeness (QED) is 0.183. The van der Waals surface area contributed by atoms with Gasteiger partial charge in [0.05, 0.1) is 0 Å². The summed E-state index contributed by atoms with van der Waals surface area (Å²) in [5.74, 6) is -2.90. The van der Waals surface area contributed by atoms with Gasteiger partial charge in [0.25, 0.3) is 0 Å². The largest absolute Gasteiger partial charge is 2.00 e. The number of anilines is 2. The number of carboxylic acids is 2. The first kappa shape index (κ1) is 30.5. The van der Waals surface area contributed by atoms with Gasteiger partial charge in [0.2, 0.25) is 0 Å². The zero-order valence-corrected chi connectivity index (χ0v) is 21.5. The molecule has 0 aliphatic heterocycles. The SMILES string of the molecule is Nc1c(CC(=O)[O-])cccc1C(=O)c1ccccc1.Nc1c(CC(=O)[O-])cccc1C(=O)c1ccccc1.[Cu+2]. The van der Waals surface area contributed by atoms with E-state index in [-0.39, 0.29) is 52.9 Å². The van der Waals surface area contributed by atoms with Crippen LogP contribution >= 0.6 is 0 Å². The molecule has 0 atom stereocenters. The van der Waals surface area contributed by atoms with Crippen LogP contribution in [0.15, 0.2) is 97.1 Å². The van der Waals surface area contributed by atoms with Gasteiger partial charge in [0.1, 0.15) is 0 Å². The van der Waals surface area contributed by atoms with Crippen LogP contribution in [0.4, 0.5) is 11.4 Å². The number of aliphatic carboxylic acids is 2. The molecular formula is C30H24CuN2O6. The fourth-order valence-electron chi connectivity index (χ4n) is 3.73. The first-order chi connectivity index (χ1) is 18.2. The summed E-state index contributed by atoms with van der Waals surface area (Å²) in [7, 11) is 0. The topological polar surface area (TPSA) is 166 Å². The number of hydrogen-bond acceptors (Lipinski definition) is 8. The van der Waals surface area contributed by atoms with Gasteiger partial charge in [-0.2, -0.15) is 0 Å². The normalized spacial score (nSPS) is 9.85. The zero-order valence-electron chi connectivity index (χ0n) is 20.6. The number of carbonyl (C=O) groups is 4. The Morgan fingerprint density at radius 3 is 1.15 bits per heavy atom. The van der Waals surface area contributed by atoms with Gasteiger partial charge in [0.15, 0.2) is 11.6 Å². The monoisotopic (exact) mass is 571 g/mol. The molecule has 0 aliphatic carbocycles. The number of nitrogen functional groups attached to an aromatic ring is 2. The predicted molar refractivity (Wildman–Crippen MR) is 139 cm³/mol. The van der Waals surface area contributed by atoms with Gasteiger partial charge in [-0.3, -0.25) is 9.59 Å². The van der Waals surface area contributed by atoms with Crippen LogP contribution in [-0.4, -0.2) is 23.5 Å². The Hall–Kier alpha value is -4.72. The van der Waals surface area contributed by atoms with Crippen LogP contribution in [0.3, 0.4) is 0 Å². The van der Waals surface area contributed by atoms with Crippen LogP contribution in [-0.2, 0) is 39.5 Å². The first-order valence-electron chi connectivity index (χ1n) is 11.5. The van der Waals surface area contributed by atoms with Gasteiger partial charge in [-0.25, -0.2) is 0 Å². The van der Waals surface area contributed by atoms with Crippen LogP contribution in [0.25, 0.3) is 0 Å². The first-order valence-corrected chi connectivity index (χ1v) is 11.5. The second kappa shape index (κ2) is 14.3. The third kappa shape index (κ3) is 8.13. The van der Waals surface area contributed by atoms with E-state index in [0.717, 1.165) is 0 Å². The van der Waals surface area contributed by atoms with E-state index in [1.54, 1.807) is 84.9 Å². The van der Waals surface area contributed by atoms with E-state index >= 15 is 0 Å². The van der Waals surface area contributed by atoms with Crippen molar-refractivity contribution in [1.29, 1.82) is 0 Å². The minimum Gasteiger partial charge on any atom is -0.550 e. The molecule has 0 fully saturated rings. The summed E-state index contributed by atoms with van der Waals surface area (Å²) in [6.07, 6.45) is -0.608. The molecule has 0 amide bonds. The van der Waals surface area contributed by atoms with Crippen molar-refractivity contribution in [2.75, 3.05) is 11.5 Å². The summed E-state index contributed by atoms with van der Waals surface area (Å²) >= 11 is 0. The van der Waals surface area contributed by atoms with E-state index < -0.39 is 11.9 Å². The van der Waals surface area contributed by atoms with Gasteiger partial charge >= 0.3 is 17.1 Å². The molecule has 4 rings (SSSR count). The number of ketones is 2. The van der Waals surface area contributed by atoms with Crippen LogP contribution in [0.1, 0.15) is 43.0 Å². The molecule has 0 saturated heterocycles. The molecule has 39 heavy (non-hydrogen) atoms. The van der Waals surface area contributed by atoms with E-state index in [0.29, 0.717) is 33.4 Å². The Labute approximate surface area is 235 Å². The number of para-hydroxylation sites is 2. The smallest absolute Gasteiger partial charge is 0.550 e. The molecule has 0 aromatic heterocycles. The number of rotatable bonds is 8. The molecule has 1 radical (unpaired) electrons. The Bertz CT molecular complexity index is 1360. The molecule has 8 nitrogen and oxygen atoms in total. The summed E-state index contributed by atoms with van der Waals surface area (Å²) < 4.78 is 0. The molecule has 0 bridgehead atoms. The standard InChI is InChI=1S/2C15H13NO3.Cu/c2*16-14-11(9-13(17)18)7-4-8-12(14)15(19)10-5-2-1-3-6-10;/h2*1-8H,9,16H2,(H,17,18);/q;;+2/p-2. The zero-order chi connectivity index (χ0) is 27.7. The average Bonchev–Trinajstić information content (AvgIpc) is 2.91. The third-order valence-electron chi connectivity index (χ3n) is 5.62. The molecule has 9 heteroatoms. The van der Waals surface area contributed by atoms with Gasteiger partial charge < -0.3 is 31.3 Å². The maximum absolute atomic E-state index is 12.3. The van der Waals surface area contributed by atoms with Crippen LogP contribution in [0, 0.1) is 0 Å². The number of carboxylic acid groups (broad SMARTS) is 2. The number of hydrogen-bond donors (Lipinski definition) is 2. The van der Waals surface area contributed by atoms with Gasteiger partial charge in [-0.15, -0.1) is 0 Å². The van der Waals surface area contributed by atoms with Crippen LogP contribution in [0.2, 0.25) is 0 Å². The van der Waals surface area contributed by atoms with E-state index in [9.17, 15) is 29.4 Å². The van der Waals surface area contributed by atoms with Crippen LogP contribution in [0.5, 0.6) is 0 Å². The summed E-state index contributed by atoms with van der Waals surface area (Å²) in [6.45, 7) is 0. The maximum Gasteiger partial charge on any atom is 2.00 e. The van der Waals surface area contributed by atoms with Crippen molar-refractivity contribution < 1.29 is 46.5 Å². The van der Waals surface area contributed by atoms with Crippen molar-refractivity contribution >= 4 is 34.9 Å². The Kier molecular flexibility index (Phi) is 11.2. The number of benzene rings is 4. The maximum atomic E-state index is 12.3. The second-order valence-electron chi connectivity index (χ2n) is 8.24.